The summed E-state index contributed by atoms with van der Waals surface area (Å²) in [6, 6.07) is 4.14. The fourth-order valence-electron chi connectivity index (χ4n) is 1.63. The second kappa shape index (κ2) is 7.48. The molecule has 4 heteroatoms. The van der Waals surface area contributed by atoms with E-state index in [0.29, 0.717) is 0 Å². The minimum atomic E-state index is 0. The van der Waals surface area contributed by atoms with Crippen LogP contribution in [0.5, 0.6) is 0 Å². The van der Waals surface area contributed by atoms with Crippen LogP contribution in [0.15, 0.2) is 18.3 Å². The number of aryl methyl sites for hydroxylation is 1. The van der Waals surface area contributed by atoms with Crippen LogP contribution >= 0.6 is 0 Å². The van der Waals surface area contributed by atoms with Crippen molar-refractivity contribution in [3.8, 4) is 0 Å². The van der Waals surface area contributed by atoms with Gasteiger partial charge in [-0.25, -0.2) is 0 Å². The van der Waals surface area contributed by atoms with E-state index in [-0.39, 0.29) is 42.6 Å². The van der Waals surface area contributed by atoms with Gasteiger partial charge in [0, 0.05) is 18.5 Å². The molecule has 1 atom stereocenters. The Bertz CT molecular complexity index is 290. The second-order valence-electron chi connectivity index (χ2n) is 3.40. The average Bonchev–Trinajstić information content (AvgIpc) is 2.19. The Labute approximate surface area is 114 Å². The molecular formula is C11H14BrNOZn. The molecule has 1 saturated heterocycles. The van der Waals surface area contributed by atoms with Gasteiger partial charge < -0.3 is 28.1 Å². The van der Waals surface area contributed by atoms with Crippen molar-refractivity contribution in [1.82, 2.24) is 4.98 Å². The number of aromatic nitrogens is 1. The number of hydrogen-bond acceptors (Lipinski definition) is 2. The maximum atomic E-state index is 5.66. The molecule has 0 aliphatic carbocycles. The Hall–Kier alpha value is 0.213. The van der Waals surface area contributed by atoms with Crippen LogP contribution in [0.4, 0.5) is 0 Å². The van der Waals surface area contributed by atoms with Crippen molar-refractivity contribution in [2.75, 3.05) is 6.61 Å². The van der Waals surface area contributed by atoms with Crippen LogP contribution in [0, 0.1) is 13.3 Å². The van der Waals surface area contributed by atoms with Gasteiger partial charge >= 0.3 is 19.5 Å². The van der Waals surface area contributed by atoms with E-state index < -0.39 is 0 Å². The zero-order valence-corrected chi connectivity index (χ0v) is 13.5. The molecule has 1 aromatic rings. The molecule has 15 heavy (non-hydrogen) atoms. The van der Waals surface area contributed by atoms with E-state index >= 15 is 0 Å². The molecule has 2 heterocycles. The minimum Gasteiger partial charge on any atom is -1.00 e. The van der Waals surface area contributed by atoms with Crippen LogP contribution in [-0.4, -0.2) is 11.6 Å². The maximum absolute atomic E-state index is 5.66. The summed E-state index contributed by atoms with van der Waals surface area (Å²) in [6.45, 7) is 2.86. The van der Waals surface area contributed by atoms with Crippen molar-refractivity contribution in [2.45, 2.75) is 25.9 Å². The number of hydrogen-bond donors (Lipinski definition) is 0. The van der Waals surface area contributed by atoms with Gasteiger partial charge in [-0.05, 0) is 24.6 Å². The number of ether oxygens (including phenoxy) is 1. The Morgan fingerprint density at radius 3 is 2.93 bits per heavy atom. The first kappa shape index (κ1) is 15.2. The normalized spacial score (nSPS) is 19.9. The fraction of sp³-hybridized carbons (Fsp3) is 0.455. The van der Waals surface area contributed by atoms with Crippen LogP contribution in [0.2, 0.25) is 0 Å². The van der Waals surface area contributed by atoms with E-state index in [1.165, 1.54) is 5.56 Å². The van der Waals surface area contributed by atoms with Crippen LogP contribution in [0.3, 0.4) is 0 Å². The Morgan fingerprint density at radius 2 is 2.33 bits per heavy atom. The third-order valence-corrected chi connectivity index (χ3v) is 2.31. The first-order valence-electron chi connectivity index (χ1n) is 4.72. The summed E-state index contributed by atoms with van der Waals surface area (Å²) in [5, 5.41) is 0. The molecule has 2 nitrogen and oxygen atoms in total. The zero-order valence-electron chi connectivity index (χ0n) is 8.95. The molecule has 1 aliphatic rings. The summed E-state index contributed by atoms with van der Waals surface area (Å²) in [4.78, 5) is 4.17. The summed E-state index contributed by atoms with van der Waals surface area (Å²) in [5.74, 6) is 0. The van der Waals surface area contributed by atoms with Gasteiger partial charge in [-0.2, -0.15) is 6.42 Å². The van der Waals surface area contributed by atoms with Crippen molar-refractivity contribution in [1.29, 1.82) is 0 Å². The first-order chi connectivity index (χ1) is 6.36. The molecule has 1 aliphatic heterocycles. The molecule has 1 unspecified atom stereocenters. The minimum absolute atomic E-state index is 0. The quantitative estimate of drug-likeness (QED) is 0.511. The molecule has 0 saturated carbocycles. The van der Waals surface area contributed by atoms with E-state index in [0.717, 1.165) is 25.1 Å². The van der Waals surface area contributed by atoms with Crippen LogP contribution in [0.1, 0.15) is 30.2 Å². The van der Waals surface area contributed by atoms with E-state index in [1.54, 1.807) is 0 Å². The van der Waals surface area contributed by atoms with Gasteiger partial charge in [-0.15, -0.1) is 6.42 Å². The zero-order chi connectivity index (χ0) is 9.10. The van der Waals surface area contributed by atoms with Gasteiger partial charge in [-0.1, -0.05) is 0 Å². The molecule has 0 radical (unpaired) electrons. The summed E-state index contributed by atoms with van der Waals surface area (Å²) in [7, 11) is 0. The second-order valence-corrected chi connectivity index (χ2v) is 3.40. The topological polar surface area (TPSA) is 22.1 Å². The summed E-state index contributed by atoms with van der Waals surface area (Å²) >= 11 is 0. The predicted octanol–water partition coefficient (Wildman–Crippen LogP) is -0.553. The third kappa shape index (κ3) is 4.30. The van der Waals surface area contributed by atoms with Gasteiger partial charge in [0.2, 0.25) is 0 Å². The van der Waals surface area contributed by atoms with E-state index in [1.807, 2.05) is 19.2 Å². The van der Waals surface area contributed by atoms with Gasteiger partial charge in [0.25, 0.3) is 0 Å². The van der Waals surface area contributed by atoms with Gasteiger partial charge in [0.15, 0.2) is 0 Å². The molecular weight excluding hydrogens is 307 g/mol. The molecule has 0 amide bonds. The predicted molar refractivity (Wildman–Crippen MR) is 51.2 cm³/mol. The average molecular weight is 322 g/mol. The van der Waals surface area contributed by atoms with Crippen molar-refractivity contribution in [3.63, 3.8) is 0 Å². The fourth-order valence-corrected chi connectivity index (χ4v) is 1.63. The summed E-state index contributed by atoms with van der Waals surface area (Å²) in [6.07, 6.45) is 6.52. The Balaban J connectivity index is 0.000000980. The van der Waals surface area contributed by atoms with Crippen molar-refractivity contribution < 1.29 is 41.2 Å². The smallest absolute Gasteiger partial charge is 1.00 e. The molecule has 1 aromatic heterocycles. The summed E-state index contributed by atoms with van der Waals surface area (Å²) < 4.78 is 5.66. The number of nitrogens with zero attached hydrogens (tertiary/aromatic N) is 1. The molecule has 0 N–H and O–H groups in total. The van der Waals surface area contributed by atoms with Gasteiger partial charge in [0.05, 0.1) is 6.10 Å². The standard InChI is InChI=1S/C11H14NO.BrH.Zn/c1-9-8-10(5-6-12-9)11-4-2-3-7-13-11;;/h2,5-6,8,11H,3-4,7H2,1H3;1H;/q-1;;+2/p-1. The van der Waals surface area contributed by atoms with E-state index in [2.05, 4.69) is 17.5 Å². The van der Waals surface area contributed by atoms with Crippen molar-refractivity contribution in [2.24, 2.45) is 0 Å². The van der Waals surface area contributed by atoms with E-state index in [4.69, 9.17) is 4.74 Å². The molecule has 2 rings (SSSR count). The molecule has 1 fully saturated rings. The van der Waals surface area contributed by atoms with Crippen molar-refractivity contribution in [3.05, 3.63) is 36.0 Å². The number of rotatable bonds is 1. The van der Waals surface area contributed by atoms with Gasteiger partial charge in [-0.3, -0.25) is 4.98 Å². The Kier molecular flexibility index (Phi) is 7.59. The number of pyridine rings is 1. The molecule has 0 aromatic carbocycles. The molecule has 0 bridgehead atoms. The van der Waals surface area contributed by atoms with Crippen LogP contribution in [0.25, 0.3) is 0 Å². The summed E-state index contributed by atoms with van der Waals surface area (Å²) in [5.41, 5.74) is 2.31. The number of halogens is 1. The van der Waals surface area contributed by atoms with E-state index in [9.17, 15) is 0 Å². The van der Waals surface area contributed by atoms with Gasteiger partial charge in [0.1, 0.15) is 0 Å². The SMILES string of the molecule is Cc1cc(C2C[CH-]CCO2)ccn1.[Br-].[Zn+2]. The van der Waals surface area contributed by atoms with Crippen molar-refractivity contribution >= 4 is 0 Å². The largest absolute Gasteiger partial charge is 2.00 e. The molecule has 78 valence electrons. The first-order valence-corrected chi connectivity index (χ1v) is 4.72. The van der Waals surface area contributed by atoms with Crippen LogP contribution in [-0.2, 0) is 24.2 Å². The van der Waals surface area contributed by atoms with Crippen LogP contribution < -0.4 is 17.0 Å². The molecule has 0 spiro atoms. The monoisotopic (exact) mass is 319 g/mol. The Morgan fingerprint density at radius 1 is 1.53 bits per heavy atom. The maximum Gasteiger partial charge on any atom is 2.00 e. The third-order valence-electron chi connectivity index (χ3n) is 2.31.